The molecule has 0 spiro atoms. The average molecular weight is 376 g/mol. The Morgan fingerprint density at radius 2 is 1.75 bits per heavy atom. The largest absolute Gasteiger partial charge is 0.496 e. The fourth-order valence-corrected chi connectivity index (χ4v) is 2.77. The third-order valence-corrected chi connectivity index (χ3v) is 4.29. The van der Waals surface area contributed by atoms with E-state index in [4.69, 9.17) is 4.74 Å². The minimum absolute atomic E-state index is 0.230. The van der Waals surface area contributed by atoms with Gasteiger partial charge in [-0.3, -0.25) is 4.79 Å². The Balaban J connectivity index is 1.66. The van der Waals surface area contributed by atoms with Gasteiger partial charge < -0.3 is 15.4 Å². The van der Waals surface area contributed by atoms with E-state index < -0.39 is 0 Å². The Hall–Kier alpha value is -3.41. The van der Waals surface area contributed by atoms with Gasteiger partial charge in [-0.2, -0.15) is 0 Å². The monoisotopic (exact) mass is 376 g/mol. The van der Waals surface area contributed by atoms with Crippen LogP contribution >= 0.6 is 0 Å². The van der Waals surface area contributed by atoms with Gasteiger partial charge in [-0.25, -0.2) is 9.97 Å². The molecule has 0 saturated carbocycles. The van der Waals surface area contributed by atoms with Gasteiger partial charge in [-0.15, -0.1) is 0 Å². The van der Waals surface area contributed by atoms with Crippen molar-refractivity contribution in [3.8, 4) is 5.75 Å². The van der Waals surface area contributed by atoms with E-state index in [0.717, 1.165) is 22.6 Å². The molecule has 0 fully saturated rings. The first-order chi connectivity index (χ1) is 13.5. The summed E-state index contributed by atoms with van der Waals surface area (Å²) in [5, 5.41) is 6.07. The molecule has 1 aromatic heterocycles. The number of amides is 1. The minimum Gasteiger partial charge on any atom is -0.496 e. The fourth-order valence-electron chi connectivity index (χ4n) is 2.77. The van der Waals surface area contributed by atoms with Crippen molar-refractivity contribution in [2.24, 2.45) is 0 Å². The predicted molar refractivity (Wildman–Crippen MR) is 109 cm³/mol. The molecule has 0 unspecified atom stereocenters. The Morgan fingerprint density at radius 3 is 2.50 bits per heavy atom. The van der Waals surface area contributed by atoms with Crippen LogP contribution in [-0.4, -0.2) is 23.0 Å². The van der Waals surface area contributed by atoms with E-state index in [2.05, 4.69) is 20.6 Å². The number of carbonyl (C=O) groups excluding carboxylic acids is 1. The lowest BCUT2D eigenvalue weighted by Gasteiger charge is -2.11. The molecule has 6 heteroatoms. The number of carbonyl (C=O) groups is 1. The van der Waals surface area contributed by atoms with Gasteiger partial charge in [0.1, 0.15) is 11.4 Å². The van der Waals surface area contributed by atoms with Gasteiger partial charge in [0.05, 0.1) is 7.11 Å². The van der Waals surface area contributed by atoms with Gasteiger partial charge >= 0.3 is 0 Å². The summed E-state index contributed by atoms with van der Waals surface area (Å²) in [5.74, 6) is 0.969. The van der Waals surface area contributed by atoms with Crippen LogP contribution in [0.1, 0.15) is 32.9 Å². The number of methoxy groups -OCH3 is 1. The second-order valence-corrected chi connectivity index (χ2v) is 6.55. The first-order valence-electron chi connectivity index (χ1n) is 9.10. The van der Waals surface area contributed by atoms with Crippen LogP contribution in [0.15, 0.2) is 54.6 Å². The molecular formula is C22H24N4O2. The van der Waals surface area contributed by atoms with Crippen LogP contribution in [0, 0.1) is 13.8 Å². The van der Waals surface area contributed by atoms with Crippen LogP contribution in [-0.2, 0) is 13.1 Å². The molecule has 2 N–H and O–H groups in total. The lowest BCUT2D eigenvalue weighted by Crippen LogP contribution is -2.24. The van der Waals surface area contributed by atoms with E-state index in [1.54, 1.807) is 13.2 Å². The number of ether oxygens (including phenoxy) is 1. The third kappa shape index (κ3) is 5.07. The van der Waals surface area contributed by atoms with E-state index in [1.807, 2.05) is 62.4 Å². The summed E-state index contributed by atoms with van der Waals surface area (Å²) in [4.78, 5) is 21.2. The number of hydrogen-bond donors (Lipinski definition) is 2. The van der Waals surface area contributed by atoms with Crippen LogP contribution in [0.25, 0.3) is 0 Å². The van der Waals surface area contributed by atoms with E-state index in [9.17, 15) is 4.79 Å². The molecule has 1 amide bonds. The van der Waals surface area contributed by atoms with E-state index in [-0.39, 0.29) is 5.91 Å². The molecule has 28 heavy (non-hydrogen) atoms. The van der Waals surface area contributed by atoms with Crippen molar-refractivity contribution in [1.29, 1.82) is 0 Å². The Morgan fingerprint density at radius 1 is 1.00 bits per heavy atom. The van der Waals surface area contributed by atoms with Gasteiger partial charge in [0.15, 0.2) is 0 Å². The van der Waals surface area contributed by atoms with Crippen LogP contribution in [0.3, 0.4) is 0 Å². The number of aryl methyl sites for hydroxylation is 2. The van der Waals surface area contributed by atoms with E-state index in [1.165, 1.54) is 5.56 Å². The van der Waals surface area contributed by atoms with Gasteiger partial charge in [0.2, 0.25) is 5.95 Å². The molecule has 0 radical (unpaired) electrons. The molecule has 3 aromatic rings. The zero-order valence-corrected chi connectivity index (χ0v) is 16.3. The number of para-hydroxylation sites is 1. The molecule has 144 valence electrons. The normalized spacial score (nSPS) is 10.4. The number of nitrogens with zero attached hydrogens (tertiary/aromatic N) is 2. The topological polar surface area (TPSA) is 76.1 Å². The fraction of sp³-hybridized carbons (Fsp3) is 0.227. The van der Waals surface area contributed by atoms with Gasteiger partial charge in [-0.05, 0) is 31.5 Å². The number of aromatic nitrogens is 2. The third-order valence-electron chi connectivity index (χ3n) is 4.29. The molecule has 0 bridgehead atoms. The number of nitrogens with one attached hydrogen (secondary N) is 2. The van der Waals surface area contributed by atoms with Crippen LogP contribution in [0.5, 0.6) is 5.75 Å². The first kappa shape index (κ1) is 19.4. The summed E-state index contributed by atoms with van der Waals surface area (Å²) in [6.45, 7) is 4.82. The summed E-state index contributed by atoms with van der Waals surface area (Å²) < 4.78 is 5.36. The second-order valence-electron chi connectivity index (χ2n) is 6.55. The highest BCUT2D eigenvalue weighted by Gasteiger charge is 2.11. The number of anilines is 1. The summed E-state index contributed by atoms with van der Waals surface area (Å²) in [7, 11) is 1.64. The van der Waals surface area contributed by atoms with Crippen molar-refractivity contribution < 1.29 is 9.53 Å². The SMILES string of the molecule is COc1ccccc1CNc1nc(C)cc(C(=O)NCc2ccc(C)cc2)n1. The standard InChI is InChI=1S/C22H24N4O2/c1-15-8-10-17(11-9-15)13-23-21(27)19-12-16(2)25-22(26-19)24-14-18-6-4-5-7-20(18)28-3/h4-12H,13-14H2,1-3H3,(H,23,27)(H,24,25,26). The maximum atomic E-state index is 12.5. The Bertz CT molecular complexity index is 955. The van der Waals surface area contributed by atoms with Crippen molar-refractivity contribution in [3.05, 3.63) is 82.7 Å². The van der Waals surface area contributed by atoms with Crippen molar-refractivity contribution in [2.75, 3.05) is 12.4 Å². The van der Waals surface area contributed by atoms with Crippen LogP contribution in [0.4, 0.5) is 5.95 Å². The molecule has 3 rings (SSSR count). The maximum Gasteiger partial charge on any atom is 0.270 e. The number of hydrogen-bond acceptors (Lipinski definition) is 5. The summed E-state index contributed by atoms with van der Waals surface area (Å²) >= 11 is 0. The quantitative estimate of drug-likeness (QED) is 0.658. The molecule has 0 aliphatic heterocycles. The van der Waals surface area contributed by atoms with Gasteiger partial charge in [0.25, 0.3) is 5.91 Å². The minimum atomic E-state index is -0.230. The van der Waals surface area contributed by atoms with Gasteiger partial charge in [0, 0.05) is 24.3 Å². The molecule has 0 atom stereocenters. The van der Waals surface area contributed by atoms with Crippen molar-refractivity contribution in [1.82, 2.24) is 15.3 Å². The van der Waals surface area contributed by atoms with Crippen molar-refractivity contribution >= 4 is 11.9 Å². The first-order valence-corrected chi connectivity index (χ1v) is 9.10. The molecule has 0 aliphatic rings. The highest BCUT2D eigenvalue weighted by molar-refractivity contribution is 5.92. The Kier molecular flexibility index (Phi) is 6.22. The molecule has 6 nitrogen and oxygen atoms in total. The smallest absolute Gasteiger partial charge is 0.270 e. The zero-order chi connectivity index (χ0) is 19.9. The summed E-state index contributed by atoms with van der Waals surface area (Å²) in [6, 6.07) is 17.5. The number of benzene rings is 2. The molecular weight excluding hydrogens is 352 g/mol. The van der Waals surface area contributed by atoms with Gasteiger partial charge in [-0.1, -0.05) is 48.0 Å². The van der Waals surface area contributed by atoms with Crippen molar-refractivity contribution in [2.45, 2.75) is 26.9 Å². The second kappa shape index (κ2) is 8.99. The molecule has 0 aliphatic carbocycles. The lowest BCUT2D eigenvalue weighted by atomic mass is 10.1. The highest BCUT2D eigenvalue weighted by Crippen LogP contribution is 2.18. The average Bonchev–Trinajstić information content (AvgIpc) is 2.71. The van der Waals surface area contributed by atoms with Crippen molar-refractivity contribution in [3.63, 3.8) is 0 Å². The summed E-state index contributed by atoms with van der Waals surface area (Å²) in [5.41, 5.74) is 4.27. The van der Waals surface area contributed by atoms with Crippen LogP contribution < -0.4 is 15.4 Å². The predicted octanol–water partition coefficient (Wildman–Crippen LogP) is 3.64. The highest BCUT2D eigenvalue weighted by atomic mass is 16.5. The molecule has 0 saturated heterocycles. The van der Waals surface area contributed by atoms with E-state index in [0.29, 0.717) is 24.7 Å². The Labute approximate surface area is 165 Å². The lowest BCUT2D eigenvalue weighted by molar-refractivity contribution is 0.0945. The number of rotatable bonds is 7. The van der Waals surface area contributed by atoms with E-state index >= 15 is 0 Å². The van der Waals surface area contributed by atoms with Crippen LogP contribution in [0.2, 0.25) is 0 Å². The molecule has 2 aromatic carbocycles. The maximum absolute atomic E-state index is 12.5. The summed E-state index contributed by atoms with van der Waals surface area (Å²) in [6.07, 6.45) is 0. The molecule has 1 heterocycles. The zero-order valence-electron chi connectivity index (χ0n) is 16.3.